The van der Waals surface area contributed by atoms with E-state index < -0.39 is 0 Å². The van der Waals surface area contributed by atoms with Crippen LogP contribution >= 0.6 is 0 Å². The molecule has 2 unspecified atom stereocenters. The number of aryl methyl sites for hydroxylation is 1. The molecule has 1 aromatic rings. The first kappa shape index (κ1) is 13.5. The molecule has 4 heteroatoms. The Morgan fingerprint density at radius 3 is 2.61 bits per heavy atom. The summed E-state index contributed by atoms with van der Waals surface area (Å²) in [4.78, 5) is 2.39. The number of nitrogens with two attached hydrogens (primary N) is 1. The molecule has 1 aliphatic heterocycles. The van der Waals surface area contributed by atoms with Gasteiger partial charge in [-0.3, -0.25) is 4.90 Å². The minimum atomic E-state index is -0.166. The first-order valence-electron chi connectivity index (χ1n) is 6.56. The highest BCUT2D eigenvalue weighted by atomic mass is 19.1. The maximum atomic E-state index is 13.3. The van der Waals surface area contributed by atoms with Gasteiger partial charge in [0.2, 0.25) is 0 Å². The Hall–Kier alpha value is -0.970. The van der Waals surface area contributed by atoms with Crippen molar-refractivity contribution in [2.45, 2.75) is 25.9 Å². The summed E-state index contributed by atoms with van der Waals surface area (Å²) in [5.74, 6) is -0.166. The summed E-state index contributed by atoms with van der Waals surface area (Å²) in [5.41, 5.74) is 7.98. The minimum Gasteiger partial charge on any atom is -0.323 e. The third kappa shape index (κ3) is 2.88. The van der Waals surface area contributed by atoms with Gasteiger partial charge in [-0.25, -0.2) is 4.39 Å². The molecule has 1 aromatic carbocycles. The third-order valence-corrected chi connectivity index (χ3v) is 3.81. The van der Waals surface area contributed by atoms with Gasteiger partial charge in [0.05, 0.1) is 0 Å². The fraction of sp³-hybridized carbons (Fsp3) is 0.571. The van der Waals surface area contributed by atoms with Gasteiger partial charge < -0.3 is 11.1 Å². The summed E-state index contributed by atoms with van der Waals surface area (Å²) in [6.07, 6.45) is 0. The number of nitrogens with one attached hydrogen (secondary N) is 1. The molecule has 2 rings (SSSR count). The van der Waals surface area contributed by atoms with Gasteiger partial charge in [-0.1, -0.05) is 12.1 Å². The molecule has 1 saturated heterocycles. The second kappa shape index (κ2) is 5.78. The monoisotopic (exact) mass is 251 g/mol. The van der Waals surface area contributed by atoms with Crippen LogP contribution in [-0.2, 0) is 0 Å². The van der Waals surface area contributed by atoms with Crippen molar-refractivity contribution in [3.63, 3.8) is 0 Å². The standard InChI is InChI=1S/C14H22FN3/c1-10-9-12(3-4-13(10)15)14(16)11(2)18-7-5-17-6-8-18/h3-4,9,11,14,17H,5-8,16H2,1-2H3. The number of hydrogen-bond acceptors (Lipinski definition) is 3. The molecule has 0 amide bonds. The molecule has 0 saturated carbocycles. The van der Waals surface area contributed by atoms with Crippen molar-refractivity contribution >= 4 is 0 Å². The molecule has 0 aromatic heterocycles. The van der Waals surface area contributed by atoms with Crippen LogP contribution in [0.5, 0.6) is 0 Å². The lowest BCUT2D eigenvalue weighted by Crippen LogP contribution is -2.50. The van der Waals surface area contributed by atoms with Crippen LogP contribution in [0.3, 0.4) is 0 Å². The second-order valence-electron chi connectivity index (χ2n) is 5.06. The van der Waals surface area contributed by atoms with Crippen molar-refractivity contribution in [2.24, 2.45) is 5.73 Å². The van der Waals surface area contributed by atoms with Crippen molar-refractivity contribution in [2.75, 3.05) is 26.2 Å². The fourth-order valence-corrected chi connectivity index (χ4v) is 2.47. The number of nitrogens with zero attached hydrogens (tertiary/aromatic N) is 1. The maximum Gasteiger partial charge on any atom is 0.126 e. The summed E-state index contributed by atoms with van der Waals surface area (Å²) in [6, 6.07) is 5.37. The van der Waals surface area contributed by atoms with Gasteiger partial charge in [-0.15, -0.1) is 0 Å². The molecule has 0 bridgehead atoms. The Balaban J connectivity index is 2.09. The highest BCUT2D eigenvalue weighted by Crippen LogP contribution is 2.21. The van der Waals surface area contributed by atoms with Crippen LogP contribution in [0, 0.1) is 12.7 Å². The summed E-state index contributed by atoms with van der Waals surface area (Å²) >= 11 is 0. The van der Waals surface area contributed by atoms with Crippen LogP contribution in [0.25, 0.3) is 0 Å². The van der Waals surface area contributed by atoms with E-state index in [1.54, 1.807) is 13.0 Å². The number of hydrogen-bond donors (Lipinski definition) is 2. The molecule has 18 heavy (non-hydrogen) atoms. The molecule has 2 atom stereocenters. The van der Waals surface area contributed by atoms with Crippen LogP contribution in [0.2, 0.25) is 0 Å². The summed E-state index contributed by atoms with van der Waals surface area (Å²) in [7, 11) is 0. The zero-order chi connectivity index (χ0) is 13.1. The lowest BCUT2D eigenvalue weighted by Gasteiger charge is -2.36. The highest BCUT2D eigenvalue weighted by molar-refractivity contribution is 5.27. The van der Waals surface area contributed by atoms with E-state index in [9.17, 15) is 4.39 Å². The molecule has 0 aliphatic carbocycles. The van der Waals surface area contributed by atoms with E-state index in [2.05, 4.69) is 17.1 Å². The lowest BCUT2D eigenvalue weighted by atomic mass is 9.98. The Morgan fingerprint density at radius 1 is 1.33 bits per heavy atom. The maximum absolute atomic E-state index is 13.3. The van der Waals surface area contributed by atoms with E-state index in [0.29, 0.717) is 5.56 Å². The Kier molecular flexibility index (Phi) is 4.32. The first-order chi connectivity index (χ1) is 8.59. The van der Waals surface area contributed by atoms with Crippen LogP contribution in [-0.4, -0.2) is 37.1 Å². The van der Waals surface area contributed by atoms with Crippen molar-refractivity contribution in [3.05, 3.63) is 35.1 Å². The molecule has 1 heterocycles. The van der Waals surface area contributed by atoms with Crippen LogP contribution < -0.4 is 11.1 Å². The van der Waals surface area contributed by atoms with E-state index in [-0.39, 0.29) is 17.9 Å². The molecule has 3 N–H and O–H groups in total. The minimum absolute atomic E-state index is 0.0672. The van der Waals surface area contributed by atoms with Crippen molar-refractivity contribution in [3.8, 4) is 0 Å². The van der Waals surface area contributed by atoms with Gasteiger partial charge in [-0.05, 0) is 31.0 Å². The Labute approximate surface area is 108 Å². The molecular weight excluding hydrogens is 229 g/mol. The summed E-state index contributed by atoms with van der Waals surface area (Å²) in [5, 5.41) is 3.33. The van der Waals surface area contributed by atoms with E-state index in [1.165, 1.54) is 6.07 Å². The summed E-state index contributed by atoms with van der Waals surface area (Å²) in [6.45, 7) is 8.00. The van der Waals surface area contributed by atoms with Crippen molar-refractivity contribution < 1.29 is 4.39 Å². The third-order valence-electron chi connectivity index (χ3n) is 3.81. The SMILES string of the molecule is Cc1cc(C(N)C(C)N2CCNCC2)ccc1F. The molecule has 3 nitrogen and oxygen atoms in total. The van der Waals surface area contributed by atoms with Crippen LogP contribution in [0.15, 0.2) is 18.2 Å². The van der Waals surface area contributed by atoms with E-state index in [0.717, 1.165) is 31.7 Å². The topological polar surface area (TPSA) is 41.3 Å². The second-order valence-corrected chi connectivity index (χ2v) is 5.06. The predicted octanol–water partition coefficient (Wildman–Crippen LogP) is 1.43. The van der Waals surface area contributed by atoms with Crippen LogP contribution in [0.1, 0.15) is 24.1 Å². The largest absolute Gasteiger partial charge is 0.323 e. The van der Waals surface area contributed by atoms with Crippen molar-refractivity contribution in [1.29, 1.82) is 0 Å². The molecule has 0 spiro atoms. The number of benzene rings is 1. The van der Waals surface area contributed by atoms with Gasteiger partial charge in [0.15, 0.2) is 0 Å². The van der Waals surface area contributed by atoms with Crippen LogP contribution in [0.4, 0.5) is 4.39 Å². The highest BCUT2D eigenvalue weighted by Gasteiger charge is 2.23. The molecular formula is C14H22FN3. The van der Waals surface area contributed by atoms with E-state index in [1.807, 2.05) is 6.07 Å². The smallest absolute Gasteiger partial charge is 0.126 e. The molecule has 1 aliphatic rings. The van der Waals surface area contributed by atoms with Gasteiger partial charge in [0, 0.05) is 38.3 Å². The van der Waals surface area contributed by atoms with Crippen molar-refractivity contribution in [1.82, 2.24) is 10.2 Å². The van der Waals surface area contributed by atoms with E-state index in [4.69, 9.17) is 5.73 Å². The molecule has 0 radical (unpaired) electrons. The zero-order valence-electron chi connectivity index (χ0n) is 11.1. The van der Waals surface area contributed by atoms with E-state index >= 15 is 0 Å². The predicted molar refractivity (Wildman–Crippen MR) is 72.0 cm³/mol. The van der Waals surface area contributed by atoms with Gasteiger partial charge in [-0.2, -0.15) is 0 Å². The summed E-state index contributed by atoms with van der Waals surface area (Å²) < 4.78 is 13.3. The van der Waals surface area contributed by atoms with Gasteiger partial charge in [0.25, 0.3) is 0 Å². The quantitative estimate of drug-likeness (QED) is 0.854. The molecule has 1 fully saturated rings. The number of piperazine rings is 1. The van der Waals surface area contributed by atoms with Gasteiger partial charge >= 0.3 is 0 Å². The molecule has 100 valence electrons. The average molecular weight is 251 g/mol. The normalized spacial score (nSPS) is 20.7. The number of halogens is 1. The first-order valence-corrected chi connectivity index (χ1v) is 6.56. The average Bonchev–Trinajstić information content (AvgIpc) is 2.41. The zero-order valence-corrected chi connectivity index (χ0v) is 11.1. The Bertz CT molecular complexity index is 402. The fourth-order valence-electron chi connectivity index (χ4n) is 2.47. The lowest BCUT2D eigenvalue weighted by molar-refractivity contribution is 0.163. The number of rotatable bonds is 3. The Morgan fingerprint density at radius 2 is 2.00 bits per heavy atom. The van der Waals surface area contributed by atoms with Gasteiger partial charge in [0.1, 0.15) is 5.82 Å².